The van der Waals surface area contributed by atoms with E-state index in [1.165, 1.54) is 4.70 Å². The number of fused-ring (bicyclic) bond motifs is 1. The van der Waals surface area contributed by atoms with E-state index in [-0.39, 0.29) is 18.7 Å². The lowest BCUT2D eigenvalue weighted by molar-refractivity contribution is 0.243. The summed E-state index contributed by atoms with van der Waals surface area (Å²) in [4.78, 5) is 4.40. The highest BCUT2D eigenvalue weighted by molar-refractivity contribution is 7.17. The lowest BCUT2D eigenvalue weighted by Crippen LogP contribution is -2.31. The van der Waals surface area contributed by atoms with E-state index in [4.69, 9.17) is 5.11 Å². The van der Waals surface area contributed by atoms with Gasteiger partial charge in [-0.3, -0.25) is 4.98 Å². The average Bonchev–Trinajstić information content (AvgIpc) is 2.75. The van der Waals surface area contributed by atoms with E-state index in [1.54, 1.807) is 11.3 Å². The molecule has 2 heterocycles. The van der Waals surface area contributed by atoms with E-state index in [2.05, 4.69) is 28.7 Å². The van der Waals surface area contributed by atoms with E-state index < -0.39 is 0 Å². The van der Waals surface area contributed by atoms with Crippen LogP contribution in [0.25, 0.3) is 10.2 Å². The number of thiophene rings is 1. The molecule has 0 fully saturated rings. The van der Waals surface area contributed by atoms with Gasteiger partial charge in [-0.1, -0.05) is 0 Å². The molecule has 16 heavy (non-hydrogen) atoms. The minimum atomic E-state index is 0.106. The molecular weight excluding hydrogens is 220 g/mol. The summed E-state index contributed by atoms with van der Waals surface area (Å²) in [7, 11) is 0. The summed E-state index contributed by atoms with van der Waals surface area (Å²) in [5.41, 5.74) is 2.21. The van der Waals surface area contributed by atoms with Crippen molar-refractivity contribution in [1.82, 2.24) is 10.3 Å². The standard InChI is InChI=1S/C12H16N2OS/c1-8(7-15)14-9(2)10-5-12-11(13-6-10)3-4-16-12/h3-6,8-9,14-15H,7H2,1-2H3/t8-,9?/m1/s1. The number of pyridine rings is 1. The minimum Gasteiger partial charge on any atom is -0.395 e. The highest BCUT2D eigenvalue weighted by Crippen LogP contribution is 2.22. The van der Waals surface area contributed by atoms with Crippen molar-refractivity contribution in [1.29, 1.82) is 0 Å². The topological polar surface area (TPSA) is 45.1 Å². The second-order valence-corrected chi connectivity index (χ2v) is 4.99. The zero-order valence-electron chi connectivity index (χ0n) is 9.47. The molecule has 86 valence electrons. The number of hydrogen-bond donors (Lipinski definition) is 2. The Labute approximate surface area is 99.1 Å². The van der Waals surface area contributed by atoms with Crippen molar-refractivity contribution >= 4 is 21.6 Å². The van der Waals surface area contributed by atoms with Gasteiger partial charge in [0.25, 0.3) is 0 Å². The molecule has 0 saturated heterocycles. The Hall–Kier alpha value is -0.970. The Morgan fingerprint density at radius 3 is 3.06 bits per heavy atom. The number of nitrogens with one attached hydrogen (secondary N) is 1. The van der Waals surface area contributed by atoms with Crippen LogP contribution in [0.4, 0.5) is 0 Å². The Kier molecular flexibility index (Phi) is 3.53. The van der Waals surface area contributed by atoms with Crippen LogP contribution in [0.15, 0.2) is 23.7 Å². The number of aliphatic hydroxyl groups is 1. The van der Waals surface area contributed by atoms with E-state index >= 15 is 0 Å². The third kappa shape index (κ3) is 2.40. The maximum absolute atomic E-state index is 8.99. The van der Waals surface area contributed by atoms with E-state index in [0.717, 1.165) is 11.1 Å². The molecule has 0 saturated carbocycles. The first kappa shape index (κ1) is 11.5. The summed E-state index contributed by atoms with van der Waals surface area (Å²) in [5.74, 6) is 0. The van der Waals surface area contributed by atoms with Crippen molar-refractivity contribution in [3.63, 3.8) is 0 Å². The molecule has 2 rings (SSSR count). The first-order chi connectivity index (χ1) is 7.70. The molecule has 0 amide bonds. The number of hydrogen-bond acceptors (Lipinski definition) is 4. The maximum Gasteiger partial charge on any atom is 0.0809 e. The SMILES string of the molecule is CC(N[C@H](C)CO)c1cnc2ccsc2c1. The summed E-state index contributed by atoms with van der Waals surface area (Å²) in [6.07, 6.45) is 1.90. The molecule has 0 aromatic carbocycles. The summed E-state index contributed by atoms with van der Waals surface area (Å²) in [6.45, 7) is 4.20. The lowest BCUT2D eigenvalue weighted by atomic mass is 10.1. The molecule has 4 heteroatoms. The van der Waals surface area contributed by atoms with Gasteiger partial charge >= 0.3 is 0 Å². The first-order valence-electron chi connectivity index (χ1n) is 5.40. The Morgan fingerprint density at radius 1 is 1.50 bits per heavy atom. The monoisotopic (exact) mass is 236 g/mol. The van der Waals surface area contributed by atoms with Gasteiger partial charge in [0.05, 0.1) is 16.8 Å². The predicted octanol–water partition coefficient (Wildman–Crippen LogP) is 2.33. The second kappa shape index (κ2) is 4.91. The van der Waals surface area contributed by atoms with Gasteiger partial charge in [0.15, 0.2) is 0 Å². The molecule has 2 atom stereocenters. The van der Waals surface area contributed by atoms with Crippen LogP contribution in [0.2, 0.25) is 0 Å². The average molecular weight is 236 g/mol. The fourth-order valence-electron chi connectivity index (χ4n) is 1.67. The third-order valence-corrected chi connectivity index (χ3v) is 3.49. The minimum absolute atomic E-state index is 0.106. The molecule has 2 aromatic heterocycles. The molecule has 0 spiro atoms. The van der Waals surface area contributed by atoms with Crippen LogP contribution in [-0.2, 0) is 0 Å². The number of nitrogens with zero attached hydrogens (tertiary/aromatic N) is 1. The Balaban J connectivity index is 2.18. The Bertz CT molecular complexity index is 469. The summed E-state index contributed by atoms with van der Waals surface area (Å²) in [6, 6.07) is 4.50. The van der Waals surface area contributed by atoms with Crippen molar-refractivity contribution in [2.45, 2.75) is 25.9 Å². The summed E-state index contributed by atoms with van der Waals surface area (Å²) in [5, 5.41) is 14.4. The van der Waals surface area contributed by atoms with Gasteiger partial charge in [0.1, 0.15) is 0 Å². The zero-order valence-corrected chi connectivity index (χ0v) is 10.3. The summed E-state index contributed by atoms with van der Waals surface area (Å²) < 4.78 is 1.21. The van der Waals surface area contributed by atoms with Gasteiger partial charge in [0.2, 0.25) is 0 Å². The molecule has 3 nitrogen and oxygen atoms in total. The molecule has 0 aliphatic carbocycles. The van der Waals surface area contributed by atoms with Crippen LogP contribution in [0.3, 0.4) is 0 Å². The van der Waals surface area contributed by atoms with Gasteiger partial charge in [-0.15, -0.1) is 11.3 Å². The van der Waals surface area contributed by atoms with Crippen molar-refractivity contribution in [2.75, 3.05) is 6.61 Å². The fourth-order valence-corrected chi connectivity index (χ4v) is 2.46. The molecular formula is C12H16N2OS. The van der Waals surface area contributed by atoms with Crippen molar-refractivity contribution in [3.05, 3.63) is 29.3 Å². The molecule has 2 N–H and O–H groups in total. The fraction of sp³-hybridized carbons (Fsp3) is 0.417. The molecule has 0 aliphatic rings. The van der Waals surface area contributed by atoms with Gasteiger partial charge < -0.3 is 10.4 Å². The number of aliphatic hydroxyl groups excluding tert-OH is 1. The van der Waals surface area contributed by atoms with Crippen LogP contribution in [0.5, 0.6) is 0 Å². The van der Waals surface area contributed by atoms with Gasteiger partial charge in [0, 0.05) is 18.3 Å². The number of rotatable bonds is 4. The highest BCUT2D eigenvalue weighted by Gasteiger charge is 2.09. The smallest absolute Gasteiger partial charge is 0.0809 e. The zero-order chi connectivity index (χ0) is 11.5. The predicted molar refractivity (Wildman–Crippen MR) is 67.7 cm³/mol. The second-order valence-electron chi connectivity index (χ2n) is 4.04. The van der Waals surface area contributed by atoms with Gasteiger partial charge in [-0.05, 0) is 36.9 Å². The van der Waals surface area contributed by atoms with Gasteiger partial charge in [-0.25, -0.2) is 0 Å². The highest BCUT2D eigenvalue weighted by atomic mass is 32.1. The largest absolute Gasteiger partial charge is 0.395 e. The van der Waals surface area contributed by atoms with Crippen LogP contribution in [0, 0.1) is 0 Å². The quantitative estimate of drug-likeness (QED) is 0.856. The lowest BCUT2D eigenvalue weighted by Gasteiger charge is -2.18. The van der Waals surface area contributed by atoms with E-state index in [9.17, 15) is 0 Å². The van der Waals surface area contributed by atoms with Crippen molar-refractivity contribution in [3.8, 4) is 0 Å². The van der Waals surface area contributed by atoms with Crippen molar-refractivity contribution < 1.29 is 5.11 Å². The van der Waals surface area contributed by atoms with E-state index in [0.29, 0.717) is 0 Å². The maximum atomic E-state index is 8.99. The number of aromatic nitrogens is 1. The van der Waals surface area contributed by atoms with Crippen molar-refractivity contribution in [2.24, 2.45) is 0 Å². The first-order valence-corrected chi connectivity index (χ1v) is 6.28. The summed E-state index contributed by atoms with van der Waals surface area (Å²) >= 11 is 1.70. The van der Waals surface area contributed by atoms with E-state index in [1.807, 2.05) is 19.2 Å². The van der Waals surface area contributed by atoms with Crippen LogP contribution >= 0.6 is 11.3 Å². The molecule has 2 aromatic rings. The normalized spacial score (nSPS) is 15.2. The molecule has 0 bridgehead atoms. The van der Waals surface area contributed by atoms with Crippen LogP contribution < -0.4 is 5.32 Å². The third-order valence-electron chi connectivity index (χ3n) is 2.63. The van der Waals surface area contributed by atoms with Crippen LogP contribution in [0.1, 0.15) is 25.5 Å². The van der Waals surface area contributed by atoms with Crippen LogP contribution in [-0.4, -0.2) is 22.7 Å². The Morgan fingerprint density at radius 2 is 2.31 bits per heavy atom. The molecule has 0 radical (unpaired) electrons. The van der Waals surface area contributed by atoms with Gasteiger partial charge in [-0.2, -0.15) is 0 Å². The molecule has 0 aliphatic heterocycles. The molecule has 1 unspecified atom stereocenters.